The second-order valence-corrected chi connectivity index (χ2v) is 10.7. The van der Waals surface area contributed by atoms with Crippen LogP contribution in [0.25, 0.3) is 11.0 Å². The van der Waals surface area contributed by atoms with Crippen LogP contribution in [0.4, 0.5) is 0 Å². The molecule has 1 spiro atoms. The van der Waals surface area contributed by atoms with E-state index < -0.39 is 29.1 Å². The quantitative estimate of drug-likeness (QED) is 0.525. The van der Waals surface area contributed by atoms with E-state index in [2.05, 4.69) is 10.3 Å². The smallest absolute Gasteiger partial charge is 0.250 e. The van der Waals surface area contributed by atoms with Crippen LogP contribution in [0.15, 0.2) is 48.6 Å². The Morgan fingerprint density at radius 3 is 2.51 bits per heavy atom. The molecule has 1 unspecified atom stereocenters. The third-order valence-corrected chi connectivity index (χ3v) is 8.67. The number of carbonyl (C=O) groups is 3. The molecule has 2 fully saturated rings. The maximum atomic E-state index is 14.3. The van der Waals surface area contributed by atoms with E-state index in [0.29, 0.717) is 19.5 Å². The summed E-state index contributed by atoms with van der Waals surface area (Å²) >= 11 is 0. The molecule has 3 amide bonds. The first kappa shape index (κ1) is 25.7. The van der Waals surface area contributed by atoms with Crippen LogP contribution in [-0.2, 0) is 25.8 Å². The zero-order chi connectivity index (χ0) is 27.4. The molecule has 1 aromatic heterocycles. The summed E-state index contributed by atoms with van der Waals surface area (Å²) in [6.07, 6.45) is 8.83. The van der Waals surface area contributed by atoms with Crippen LogP contribution in [0.1, 0.15) is 26.7 Å². The Bertz CT molecular complexity index is 1370. The molecule has 0 radical (unpaired) electrons. The molecule has 39 heavy (non-hydrogen) atoms. The van der Waals surface area contributed by atoms with Gasteiger partial charge < -0.3 is 24.5 Å². The zero-order valence-corrected chi connectivity index (χ0v) is 22.3. The molecule has 11 nitrogen and oxygen atoms in total. The van der Waals surface area contributed by atoms with Gasteiger partial charge in [0.05, 0.1) is 29.6 Å². The van der Waals surface area contributed by atoms with Crippen molar-refractivity contribution < 1.29 is 24.2 Å². The second kappa shape index (κ2) is 9.56. The third kappa shape index (κ3) is 3.66. The van der Waals surface area contributed by atoms with E-state index in [1.165, 1.54) is 4.90 Å². The number of benzene rings is 1. The summed E-state index contributed by atoms with van der Waals surface area (Å²) in [5.74, 6) is -2.42. The number of amides is 3. The molecule has 5 atom stereocenters. The Labute approximate surface area is 226 Å². The van der Waals surface area contributed by atoms with E-state index in [0.717, 1.165) is 17.5 Å². The van der Waals surface area contributed by atoms with Gasteiger partial charge in [0.2, 0.25) is 11.8 Å². The summed E-state index contributed by atoms with van der Waals surface area (Å²) in [6, 6.07) is 6.49. The van der Waals surface area contributed by atoms with Crippen molar-refractivity contribution in [1.29, 1.82) is 0 Å². The van der Waals surface area contributed by atoms with Crippen molar-refractivity contribution in [2.24, 2.45) is 11.8 Å². The lowest BCUT2D eigenvalue weighted by Gasteiger charge is -2.38. The van der Waals surface area contributed by atoms with Gasteiger partial charge in [-0.15, -0.1) is 5.10 Å². The monoisotopic (exact) mass is 534 g/mol. The summed E-state index contributed by atoms with van der Waals surface area (Å²) in [5.41, 5.74) is -0.836. The maximum absolute atomic E-state index is 14.3. The molecule has 4 aliphatic rings. The molecule has 1 N–H and O–H groups in total. The largest absolute Gasteiger partial charge is 0.395 e. The minimum absolute atomic E-state index is 0.0284. The highest BCUT2D eigenvalue weighted by Gasteiger charge is 2.75. The van der Waals surface area contributed by atoms with Crippen LogP contribution < -0.4 is 0 Å². The van der Waals surface area contributed by atoms with Crippen LogP contribution >= 0.6 is 0 Å². The lowest BCUT2D eigenvalue weighted by atomic mass is 9.73. The van der Waals surface area contributed by atoms with E-state index >= 15 is 0 Å². The molecule has 11 heteroatoms. The lowest BCUT2D eigenvalue weighted by molar-refractivity contribution is -0.155. The van der Waals surface area contributed by atoms with Crippen LogP contribution in [-0.4, -0.2) is 103 Å². The first-order chi connectivity index (χ1) is 18.9. The Morgan fingerprint density at radius 2 is 1.74 bits per heavy atom. The summed E-state index contributed by atoms with van der Waals surface area (Å²) in [5, 5.41) is 18.3. The number of carbonyl (C=O) groups excluding carboxylic acids is 3. The fourth-order valence-corrected chi connectivity index (χ4v) is 6.99. The average molecular weight is 535 g/mol. The molecule has 0 saturated carbocycles. The predicted molar refractivity (Wildman–Crippen MR) is 141 cm³/mol. The number of ether oxygens (including phenoxy) is 1. The van der Waals surface area contributed by atoms with E-state index in [1.54, 1.807) is 14.5 Å². The van der Waals surface area contributed by atoms with E-state index in [4.69, 9.17) is 4.74 Å². The van der Waals surface area contributed by atoms with Gasteiger partial charge in [0.25, 0.3) is 5.91 Å². The van der Waals surface area contributed by atoms with E-state index in [-0.39, 0.29) is 44.1 Å². The summed E-state index contributed by atoms with van der Waals surface area (Å²) in [4.78, 5) is 47.3. The highest BCUT2D eigenvalue weighted by molar-refractivity contribution is 6.00. The van der Waals surface area contributed by atoms with Gasteiger partial charge in [-0.2, -0.15) is 0 Å². The van der Waals surface area contributed by atoms with Gasteiger partial charge in [-0.1, -0.05) is 55.5 Å². The standard InChI is InChI=1S/C28H34N6O5/c1-3-13-31-14-7-11-27(4-2)21(24(31)36)22-25(37)33(16-17-35)23-26(38)32(15-8-12-28(22,23)39-27)18-34-20-10-6-5-9-19(20)29-30-34/h5-12,21-23,35H,3-4,13-18H2,1-2H3/t21-,22+,23?,27+,28+/m1/s1. The average Bonchev–Trinajstić information content (AvgIpc) is 3.47. The molecule has 6 rings (SSSR count). The summed E-state index contributed by atoms with van der Waals surface area (Å²) in [6.45, 7) is 5.07. The van der Waals surface area contributed by atoms with Crippen LogP contribution in [0, 0.1) is 11.8 Å². The third-order valence-electron chi connectivity index (χ3n) is 8.67. The van der Waals surface area contributed by atoms with Crippen molar-refractivity contribution >= 4 is 28.8 Å². The van der Waals surface area contributed by atoms with E-state index in [9.17, 15) is 19.5 Å². The number of nitrogens with zero attached hydrogens (tertiary/aromatic N) is 6. The van der Waals surface area contributed by atoms with E-state index in [1.807, 2.05) is 62.4 Å². The lowest BCUT2D eigenvalue weighted by Crippen LogP contribution is -2.56. The number of aliphatic hydroxyl groups excluding tert-OH is 1. The normalized spacial score (nSPS) is 32.0. The molecule has 206 valence electrons. The zero-order valence-electron chi connectivity index (χ0n) is 22.3. The Kier molecular flexibility index (Phi) is 6.30. The Hall–Kier alpha value is -3.57. The highest BCUT2D eigenvalue weighted by Crippen LogP contribution is 2.58. The second-order valence-electron chi connectivity index (χ2n) is 10.7. The van der Waals surface area contributed by atoms with Crippen LogP contribution in [0.3, 0.4) is 0 Å². The predicted octanol–water partition coefficient (Wildman–Crippen LogP) is 0.949. The molecular weight excluding hydrogens is 500 g/mol. The minimum Gasteiger partial charge on any atom is -0.395 e. The molecule has 5 heterocycles. The minimum atomic E-state index is -1.33. The number of hydrogen-bond donors (Lipinski definition) is 1. The number of aliphatic hydroxyl groups is 1. The van der Waals surface area contributed by atoms with Gasteiger partial charge in [-0.25, -0.2) is 4.68 Å². The van der Waals surface area contributed by atoms with Crippen molar-refractivity contribution in [2.75, 3.05) is 32.8 Å². The molecule has 0 bridgehead atoms. The number of hydrogen-bond acceptors (Lipinski definition) is 7. The molecule has 1 aromatic carbocycles. The number of β-amino-alcohol motifs (C(OH)–C–C–N with tert-alkyl or cyclic N) is 1. The van der Waals surface area contributed by atoms with Crippen molar-refractivity contribution in [3.63, 3.8) is 0 Å². The van der Waals surface area contributed by atoms with Gasteiger partial charge in [0.1, 0.15) is 23.8 Å². The molecular formula is C28H34N6O5. The van der Waals surface area contributed by atoms with Gasteiger partial charge in [0, 0.05) is 26.2 Å². The molecule has 2 aromatic rings. The van der Waals surface area contributed by atoms with Gasteiger partial charge in [-0.3, -0.25) is 14.4 Å². The van der Waals surface area contributed by atoms with Crippen LogP contribution in [0.2, 0.25) is 0 Å². The molecule has 4 aliphatic heterocycles. The van der Waals surface area contributed by atoms with Gasteiger partial charge in [-0.05, 0) is 25.0 Å². The number of aromatic nitrogens is 3. The van der Waals surface area contributed by atoms with Crippen molar-refractivity contribution in [2.45, 2.75) is 50.6 Å². The number of rotatable bonds is 7. The SMILES string of the molecule is CCCN1CC=C[C@]2(CC)O[C@]34C=CCN(Cn5nnc6ccccc65)C(=O)C3N(CCO)C(=O)[C@@H]4[C@@H]2C1=O. The Balaban J connectivity index is 1.43. The van der Waals surface area contributed by atoms with Crippen molar-refractivity contribution in [1.82, 2.24) is 29.7 Å². The number of fused-ring (bicyclic) bond motifs is 3. The van der Waals surface area contributed by atoms with Gasteiger partial charge in [0.15, 0.2) is 0 Å². The summed E-state index contributed by atoms with van der Waals surface area (Å²) in [7, 11) is 0. The highest BCUT2D eigenvalue weighted by atomic mass is 16.5. The molecule has 2 saturated heterocycles. The number of para-hydroxylation sites is 1. The Morgan fingerprint density at radius 1 is 0.974 bits per heavy atom. The number of likely N-dealkylation sites (tertiary alicyclic amines) is 1. The molecule has 0 aliphatic carbocycles. The first-order valence-electron chi connectivity index (χ1n) is 13.7. The van der Waals surface area contributed by atoms with Gasteiger partial charge >= 0.3 is 0 Å². The summed E-state index contributed by atoms with van der Waals surface area (Å²) < 4.78 is 8.56. The van der Waals surface area contributed by atoms with Crippen molar-refractivity contribution in [3.05, 3.63) is 48.6 Å². The fraction of sp³-hybridized carbons (Fsp3) is 0.536. The van der Waals surface area contributed by atoms with Crippen LogP contribution in [0.5, 0.6) is 0 Å². The fourth-order valence-electron chi connectivity index (χ4n) is 6.99. The maximum Gasteiger partial charge on any atom is 0.250 e. The first-order valence-corrected chi connectivity index (χ1v) is 13.7. The van der Waals surface area contributed by atoms with Crippen molar-refractivity contribution in [3.8, 4) is 0 Å². The topological polar surface area (TPSA) is 121 Å².